The van der Waals surface area contributed by atoms with E-state index in [-0.39, 0.29) is 12.0 Å². The molecule has 0 amide bonds. The number of nitrogens with zero attached hydrogens (tertiary/aromatic N) is 1. The van der Waals surface area contributed by atoms with Gasteiger partial charge in [-0.3, -0.25) is 4.90 Å². The molecule has 1 heterocycles. The molecule has 0 aliphatic carbocycles. The lowest BCUT2D eigenvalue weighted by Crippen LogP contribution is -2.36. The van der Waals surface area contributed by atoms with E-state index in [1.54, 1.807) is 20.1 Å². The van der Waals surface area contributed by atoms with Crippen LogP contribution < -0.4 is 14.2 Å². The maximum atomic E-state index is 12.8. The molecule has 7 nitrogen and oxygen atoms in total. The molecule has 0 radical (unpaired) electrons. The maximum absolute atomic E-state index is 12.8. The second-order valence-electron chi connectivity index (χ2n) is 5.78. The standard InChI is InChI=1S/C19H27NO6/c1-8-20(9-2)12(4)26-19(21)18-15-13(11(3)25-18)10-14(22-5)16(23-6)17(15)24-7/h10,12H,8-9H2,1-7H3. The van der Waals surface area contributed by atoms with E-state index >= 15 is 0 Å². The van der Waals surface area contributed by atoms with E-state index in [2.05, 4.69) is 0 Å². The van der Waals surface area contributed by atoms with Gasteiger partial charge in [0.15, 0.2) is 17.7 Å². The largest absolute Gasteiger partial charge is 0.493 e. The van der Waals surface area contributed by atoms with Gasteiger partial charge >= 0.3 is 5.97 Å². The van der Waals surface area contributed by atoms with E-state index in [1.165, 1.54) is 14.2 Å². The molecule has 1 unspecified atom stereocenters. The van der Waals surface area contributed by atoms with E-state index in [1.807, 2.05) is 25.7 Å². The van der Waals surface area contributed by atoms with Gasteiger partial charge in [0, 0.05) is 5.39 Å². The fourth-order valence-electron chi connectivity index (χ4n) is 3.08. The van der Waals surface area contributed by atoms with Crippen molar-refractivity contribution in [1.82, 2.24) is 4.90 Å². The minimum absolute atomic E-state index is 0.0920. The Bertz CT molecular complexity index is 778. The molecule has 2 aromatic rings. The Labute approximate surface area is 153 Å². The molecule has 1 atom stereocenters. The van der Waals surface area contributed by atoms with Gasteiger partial charge in [-0.2, -0.15) is 0 Å². The summed E-state index contributed by atoms with van der Waals surface area (Å²) >= 11 is 0. The van der Waals surface area contributed by atoms with Crippen molar-refractivity contribution >= 4 is 16.7 Å². The van der Waals surface area contributed by atoms with Crippen LogP contribution in [0.1, 0.15) is 37.1 Å². The fraction of sp³-hybridized carbons (Fsp3) is 0.526. The number of fused-ring (bicyclic) bond motifs is 1. The fourth-order valence-corrected chi connectivity index (χ4v) is 3.08. The molecular weight excluding hydrogens is 338 g/mol. The molecule has 0 spiro atoms. The topological polar surface area (TPSA) is 70.4 Å². The van der Waals surface area contributed by atoms with Gasteiger partial charge in [-0.15, -0.1) is 0 Å². The molecule has 0 aliphatic heterocycles. The van der Waals surface area contributed by atoms with Crippen LogP contribution in [0.15, 0.2) is 10.5 Å². The molecule has 0 fully saturated rings. The summed E-state index contributed by atoms with van der Waals surface area (Å²) in [6, 6.07) is 1.76. The molecule has 0 bridgehead atoms. The average Bonchev–Trinajstić information content (AvgIpc) is 2.97. The number of furan rings is 1. The van der Waals surface area contributed by atoms with E-state index in [0.717, 1.165) is 13.1 Å². The lowest BCUT2D eigenvalue weighted by Gasteiger charge is -2.25. The Balaban J connectivity index is 2.56. The summed E-state index contributed by atoms with van der Waals surface area (Å²) in [6.07, 6.45) is -0.371. The van der Waals surface area contributed by atoms with Crippen LogP contribution in [0.25, 0.3) is 10.8 Å². The molecule has 0 saturated heterocycles. The van der Waals surface area contributed by atoms with Gasteiger partial charge in [-0.05, 0) is 33.0 Å². The van der Waals surface area contributed by atoms with Gasteiger partial charge in [-0.1, -0.05) is 13.8 Å². The van der Waals surface area contributed by atoms with Crippen LogP contribution in [0.5, 0.6) is 17.2 Å². The highest BCUT2D eigenvalue weighted by atomic mass is 16.6. The van der Waals surface area contributed by atoms with Crippen LogP contribution >= 0.6 is 0 Å². The van der Waals surface area contributed by atoms with Crippen molar-refractivity contribution in [3.05, 3.63) is 17.6 Å². The average molecular weight is 365 g/mol. The van der Waals surface area contributed by atoms with Crippen molar-refractivity contribution in [2.75, 3.05) is 34.4 Å². The predicted molar refractivity (Wildman–Crippen MR) is 98.4 cm³/mol. The molecule has 7 heteroatoms. The van der Waals surface area contributed by atoms with E-state index < -0.39 is 5.97 Å². The lowest BCUT2D eigenvalue weighted by atomic mass is 10.1. The van der Waals surface area contributed by atoms with Gasteiger partial charge in [-0.25, -0.2) is 4.79 Å². The normalized spacial score (nSPS) is 12.3. The summed E-state index contributed by atoms with van der Waals surface area (Å²) < 4.78 is 27.6. The molecule has 2 rings (SSSR count). The zero-order chi connectivity index (χ0) is 19.4. The van der Waals surface area contributed by atoms with Crippen molar-refractivity contribution in [2.24, 2.45) is 0 Å². The Morgan fingerprint density at radius 1 is 1.12 bits per heavy atom. The van der Waals surface area contributed by atoms with Gasteiger partial charge in [0.05, 0.1) is 26.7 Å². The number of methoxy groups -OCH3 is 3. The molecule has 0 saturated carbocycles. The summed E-state index contributed by atoms with van der Waals surface area (Å²) in [6.45, 7) is 9.19. The van der Waals surface area contributed by atoms with Crippen molar-refractivity contribution in [1.29, 1.82) is 0 Å². The molecule has 26 heavy (non-hydrogen) atoms. The number of benzene rings is 1. The number of hydrogen-bond donors (Lipinski definition) is 0. The van der Waals surface area contributed by atoms with Crippen molar-refractivity contribution in [3.8, 4) is 17.2 Å². The summed E-state index contributed by atoms with van der Waals surface area (Å²) in [5, 5.41) is 1.22. The van der Waals surface area contributed by atoms with Crippen LogP contribution in [0.2, 0.25) is 0 Å². The Morgan fingerprint density at radius 3 is 2.23 bits per heavy atom. The van der Waals surface area contributed by atoms with Gasteiger partial charge in [0.25, 0.3) is 0 Å². The predicted octanol–water partition coefficient (Wildman–Crippen LogP) is 3.61. The summed E-state index contributed by atoms with van der Waals surface area (Å²) in [5.74, 6) is 1.39. The first kappa shape index (κ1) is 19.9. The monoisotopic (exact) mass is 365 g/mol. The number of hydrogen-bond acceptors (Lipinski definition) is 7. The number of carbonyl (C=O) groups is 1. The summed E-state index contributed by atoms with van der Waals surface area (Å²) in [4.78, 5) is 14.8. The van der Waals surface area contributed by atoms with Crippen LogP contribution in [0.4, 0.5) is 0 Å². The number of carbonyl (C=O) groups excluding carboxylic acids is 1. The number of ether oxygens (including phenoxy) is 4. The molecule has 0 N–H and O–H groups in total. The summed E-state index contributed by atoms with van der Waals surface area (Å²) in [5.41, 5.74) is 0. The van der Waals surface area contributed by atoms with Gasteiger partial charge in [0.1, 0.15) is 5.76 Å². The van der Waals surface area contributed by atoms with Gasteiger partial charge < -0.3 is 23.4 Å². The first-order valence-corrected chi connectivity index (χ1v) is 8.60. The molecule has 1 aromatic heterocycles. The third kappa shape index (κ3) is 3.44. The molecular formula is C19H27NO6. The Hall–Kier alpha value is -2.41. The second-order valence-corrected chi connectivity index (χ2v) is 5.78. The van der Waals surface area contributed by atoms with Crippen molar-refractivity contribution < 1.29 is 28.2 Å². The quantitative estimate of drug-likeness (QED) is 0.523. The SMILES string of the molecule is CCN(CC)C(C)OC(=O)c1oc(C)c2cc(OC)c(OC)c(OC)c12. The van der Waals surface area contributed by atoms with Crippen LogP contribution in [-0.4, -0.2) is 51.5 Å². The third-order valence-corrected chi connectivity index (χ3v) is 4.48. The van der Waals surface area contributed by atoms with Crippen molar-refractivity contribution in [2.45, 2.75) is 33.9 Å². The minimum atomic E-state index is -0.548. The third-order valence-electron chi connectivity index (χ3n) is 4.48. The maximum Gasteiger partial charge on any atom is 0.376 e. The number of aryl methyl sites for hydroxylation is 1. The molecule has 0 aliphatic rings. The highest BCUT2D eigenvalue weighted by molar-refractivity contribution is 6.08. The van der Waals surface area contributed by atoms with E-state index in [4.69, 9.17) is 23.4 Å². The summed E-state index contributed by atoms with van der Waals surface area (Å²) in [7, 11) is 4.56. The number of esters is 1. The van der Waals surface area contributed by atoms with E-state index in [9.17, 15) is 4.79 Å². The van der Waals surface area contributed by atoms with Gasteiger partial charge in [0.2, 0.25) is 11.5 Å². The highest BCUT2D eigenvalue weighted by Crippen LogP contribution is 2.46. The zero-order valence-corrected chi connectivity index (χ0v) is 16.5. The smallest absolute Gasteiger partial charge is 0.376 e. The second kappa shape index (κ2) is 8.31. The first-order valence-electron chi connectivity index (χ1n) is 8.60. The minimum Gasteiger partial charge on any atom is -0.493 e. The molecule has 1 aromatic carbocycles. The van der Waals surface area contributed by atoms with Crippen LogP contribution in [-0.2, 0) is 4.74 Å². The highest BCUT2D eigenvalue weighted by Gasteiger charge is 2.28. The van der Waals surface area contributed by atoms with Crippen molar-refractivity contribution in [3.63, 3.8) is 0 Å². The molecule has 144 valence electrons. The first-order chi connectivity index (χ1) is 12.4. The van der Waals surface area contributed by atoms with E-state index in [0.29, 0.717) is 33.8 Å². The Morgan fingerprint density at radius 2 is 1.73 bits per heavy atom. The zero-order valence-electron chi connectivity index (χ0n) is 16.5. The Kier molecular flexibility index (Phi) is 6.37. The van der Waals surface area contributed by atoms with Crippen LogP contribution in [0.3, 0.4) is 0 Å². The lowest BCUT2D eigenvalue weighted by molar-refractivity contribution is -0.0221. The van der Waals surface area contributed by atoms with Crippen LogP contribution in [0, 0.1) is 6.92 Å². The number of rotatable bonds is 8.